The number of piperazine rings is 1. The maximum absolute atomic E-state index is 14.1. The molecule has 6 rings (SSSR count). The van der Waals surface area contributed by atoms with Crippen molar-refractivity contribution in [1.29, 1.82) is 0 Å². The summed E-state index contributed by atoms with van der Waals surface area (Å²) in [5.41, 5.74) is 3.87. The van der Waals surface area contributed by atoms with Crippen LogP contribution in [0.4, 0.5) is 10.1 Å². The molecular weight excluding hydrogens is 544 g/mol. The molecule has 3 fully saturated rings. The van der Waals surface area contributed by atoms with E-state index in [1.165, 1.54) is 19.8 Å². The average Bonchev–Trinajstić information content (AvgIpc) is 3.72. The second-order valence-electron chi connectivity index (χ2n) is 11.4. The summed E-state index contributed by atoms with van der Waals surface area (Å²) in [7, 11) is 0. The number of carbonyl (C=O) groups is 1. The number of pyridine rings is 1. The van der Waals surface area contributed by atoms with E-state index >= 15 is 0 Å². The zero-order valence-corrected chi connectivity index (χ0v) is 23.6. The van der Waals surface area contributed by atoms with Crippen LogP contribution < -0.4 is 14.9 Å². The van der Waals surface area contributed by atoms with E-state index in [2.05, 4.69) is 62.6 Å². The van der Waals surface area contributed by atoms with Gasteiger partial charge >= 0.3 is 221 Å². The molecule has 8 nitrogen and oxygen atoms in total. The molecule has 4 heterocycles. The summed E-state index contributed by atoms with van der Waals surface area (Å²) in [6, 6.07) is 1.94. The van der Waals surface area contributed by atoms with Gasteiger partial charge < -0.3 is 0 Å². The van der Waals surface area contributed by atoms with Crippen LogP contribution in [0.25, 0.3) is 15.9 Å². The fourth-order valence-electron chi connectivity index (χ4n) is 4.86. The Labute approximate surface area is 220 Å². The molecule has 3 aromatic heterocycles. The van der Waals surface area contributed by atoms with Crippen LogP contribution in [0.2, 0.25) is 0 Å². The fourth-order valence-corrected chi connectivity index (χ4v) is 7.48. The molecule has 2 unspecified atom stereocenters. The first-order valence-electron chi connectivity index (χ1n) is 12.6. The molecule has 0 bridgehead atoms. The number of nitrogens with one attached hydrogen (secondary N) is 2. The quantitative estimate of drug-likeness (QED) is 0.239. The molecule has 0 aromatic carbocycles. The molecule has 11 heteroatoms. The second-order valence-corrected chi connectivity index (χ2v) is 14.3. The average molecular weight is 577 g/mol. The first-order chi connectivity index (χ1) is 17.1. The molecule has 2 saturated carbocycles. The van der Waals surface area contributed by atoms with Crippen molar-refractivity contribution in [1.82, 2.24) is 29.6 Å². The molecule has 1 saturated heterocycles. The molecular formula is C25H32FN7OSSe. The third kappa shape index (κ3) is 4.76. The minimum atomic E-state index is -1.09. The molecule has 0 amide bonds. The number of aromatic nitrogens is 4. The standard InChI is InChI=1S/C25H32FN7OSSe/c1-14(26)22-29-30-23(36-22)20-19(15-5-6-15)27-21-18(32-10-16(12-34)28-24(2,3)13-32)9-17(11-33(20)21)35-31-25(4)7-8-25/h9,11-12,14-16,28,31H,5-8,10,13H2,1-4H3. The summed E-state index contributed by atoms with van der Waals surface area (Å²) in [6.07, 6.45) is 6.60. The van der Waals surface area contributed by atoms with Gasteiger partial charge in [0, 0.05) is 0 Å². The van der Waals surface area contributed by atoms with Crippen LogP contribution in [0.3, 0.4) is 0 Å². The summed E-state index contributed by atoms with van der Waals surface area (Å²) in [5.74, 6) is 0.403. The zero-order valence-electron chi connectivity index (χ0n) is 21.0. The Balaban J connectivity index is 1.51. The van der Waals surface area contributed by atoms with Crippen LogP contribution in [-0.2, 0) is 4.79 Å². The van der Waals surface area contributed by atoms with Crippen LogP contribution in [-0.4, -0.2) is 70.6 Å². The summed E-state index contributed by atoms with van der Waals surface area (Å²) >= 11 is 1.38. The first-order valence-corrected chi connectivity index (χ1v) is 15.1. The monoisotopic (exact) mass is 577 g/mol. The summed E-state index contributed by atoms with van der Waals surface area (Å²) in [6.45, 7) is 9.36. The van der Waals surface area contributed by atoms with Crippen molar-refractivity contribution >= 4 is 44.1 Å². The molecule has 1 aliphatic heterocycles. The molecule has 2 aliphatic carbocycles. The number of alkyl halides is 1. The SMILES string of the molecule is CC(F)c1nnc(-c2c(C3CC3)nc3c(N4CC(C=O)NC(C)(C)C4)cc(SNC4(C)CC4)cn23)[se]1. The molecule has 3 aliphatic rings. The second kappa shape index (κ2) is 8.91. The number of rotatable bonds is 8. The summed E-state index contributed by atoms with van der Waals surface area (Å²) in [4.78, 5) is 20.4. The van der Waals surface area contributed by atoms with Gasteiger partial charge in [0.2, 0.25) is 0 Å². The van der Waals surface area contributed by atoms with Gasteiger partial charge in [-0.1, -0.05) is 0 Å². The number of hydrogen-bond donors (Lipinski definition) is 2. The normalized spacial score (nSPS) is 23.7. The van der Waals surface area contributed by atoms with Crippen molar-refractivity contribution in [3.63, 3.8) is 0 Å². The van der Waals surface area contributed by atoms with Crippen LogP contribution in [0.5, 0.6) is 0 Å². The van der Waals surface area contributed by atoms with Gasteiger partial charge in [-0.2, -0.15) is 0 Å². The summed E-state index contributed by atoms with van der Waals surface area (Å²) in [5, 5.41) is 12.1. The van der Waals surface area contributed by atoms with Gasteiger partial charge in [-0.25, -0.2) is 0 Å². The minimum absolute atomic E-state index is 0.176. The van der Waals surface area contributed by atoms with Gasteiger partial charge in [-0.15, -0.1) is 0 Å². The predicted octanol–water partition coefficient (Wildman–Crippen LogP) is 3.66. The van der Waals surface area contributed by atoms with E-state index in [1.54, 1.807) is 11.9 Å². The number of hydrogen-bond acceptors (Lipinski definition) is 8. The van der Waals surface area contributed by atoms with Gasteiger partial charge in [0.25, 0.3) is 0 Å². The van der Waals surface area contributed by atoms with Crippen LogP contribution in [0.1, 0.15) is 75.7 Å². The van der Waals surface area contributed by atoms with Crippen molar-refractivity contribution in [2.24, 2.45) is 0 Å². The van der Waals surface area contributed by atoms with E-state index in [-0.39, 0.29) is 31.6 Å². The number of aldehydes is 1. The molecule has 192 valence electrons. The van der Waals surface area contributed by atoms with Crippen LogP contribution >= 0.6 is 11.9 Å². The molecule has 0 radical (unpaired) electrons. The van der Waals surface area contributed by atoms with E-state index in [9.17, 15) is 9.18 Å². The van der Waals surface area contributed by atoms with Crippen molar-refractivity contribution in [2.45, 2.75) is 87.5 Å². The van der Waals surface area contributed by atoms with Crippen LogP contribution in [0, 0.1) is 0 Å². The number of halogens is 1. The van der Waals surface area contributed by atoms with Crippen molar-refractivity contribution in [3.05, 3.63) is 22.5 Å². The van der Waals surface area contributed by atoms with Gasteiger partial charge in [-0.05, 0) is 0 Å². The van der Waals surface area contributed by atoms with Gasteiger partial charge in [-0.3, -0.25) is 0 Å². The number of fused-ring (bicyclic) bond motifs is 1. The van der Waals surface area contributed by atoms with Crippen LogP contribution in [0.15, 0.2) is 17.2 Å². The third-order valence-electron chi connectivity index (χ3n) is 7.15. The Hall–Kier alpha value is -1.78. The van der Waals surface area contributed by atoms with Crippen molar-refractivity contribution in [2.75, 3.05) is 18.0 Å². The van der Waals surface area contributed by atoms with E-state index in [0.29, 0.717) is 17.0 Å². The van der Waals surface area contributed by atoms with E-state index in [0.717, 1.165) is 57.9 Å². The number of imidazole rings is 1. The third-order valence-corrected chi connectivity index (χ3v) is 10.5. The molecule has 2 atom stereocenters. The Kier molecular flexibility index (Phi) is 6.07. The van der Waals surface area contributed by atoms with Crippen molar-refractivity contribution in [3.8, 4) is 10.3 Å². The molecule has 2 N–H and O–H groups in total. The topological polar surface area (TPSA) is 87.5 Å². The first kappa shape index (κ1) is 24.6. The molecule has 0 spiro atoms. The van der Waals surface area contributed by atoms with E-state index in [1.807, 2.05) is 0 Å². The maximum atomic E-state index is 14.1. The Morgan fingerprint density at radius 1 is 1.31 bits per heavy atom. The van der Waals surface area contributed by atoms with Gasteiger partial charge in [0.05, 0.1) is 0 Å². The predicted molar refractivity (Wildman–Crippen MR) is 141 cm³/mol. The molecule has 36 heavy (non-hydrogen) atoms. The molecule has 3 aromatic rings. The van der Waals surface area contributed by atoms with Gasteiger partial charge in [0.15, 0.2) is 0 Å². The van der Waals surface area contributed by atoms with Crippen molar-refractivity contribution < 1.29 is 9.18 Å². The Morgan fingerprint density at radius 2 is 2.08 bits per heavy atom. The number of anilines is 1. The van der Waals surface area contributed by atoms with E-state index in [4.69, 9.17) is 4.98 Å². The van der Waals surface area contributed by atoms with E-state index < -0.39 is 6.17 Å². The fraction of sp³-hybridized carbons (Fsp3) is 0.600. The summed E-state index contributed by atoms with van der Waals surface area (Å²) < 4.78 is 21.2. The van der Waals surface area contributed by atoms with Gasteiger partial charge in [0.1, 0.15) is 0 Å². The number of nitrogens with zero attached hydrogens (tertiary/aromatic N) is 5. The zero-order chi connectivity index (χ0) is 25.2. The Morgan fingerprint density at radius 3 is 2.72 bits per heavy atom. The number of carbonyl (C=O) groups excluding carboxylic acids is 1. The Bertz CT molecular complexity index is 1310.